The van der Waals surface area contributed by atoms with Gasteiger partial charge in [-0.2, -0.15) is 0 Å². The van der Waals surface area contributed by atoms with E-state index in [4.69, 9.17) is 17.0 Å². The Balaban J connectivity index is 1.79. The number of thiophene rings is 1. The first-order chi connectivity index (χ1) is 14.0. The molecule has 4 nitrogen and oxygen atoms in total. The van der Waals surface area contributed by atoms with E-state index < -0.39 is 5.97 Å². The maximum atomic E-state index is 13.8. The van der Waals surface area contributed by atoms with Crippen molar-refractivity contribution < 1.29 is 13.9 Å². The van der Waals surface area contributed by atoms with Crippen LogP contribution in [0.4, 0.5) is 15.1 Å². The van der Waals surface area contributed by atoms with E-state index >= 15 is 0 Å². The lowest BCUT2D eigenvalue weighted by Crippen LogP contribution is -2.20. The zero-order valence-corrected chi connectivity index (χ0v) is 17.8. The average molecular weight is 429 g/mol. The third-order valence-electron chi connectivity index (χ3n) is 4.16. The molecule has 0 fully saturated rings. The van der Waals surface area contributed by atoms with Gasteiger partial charge >= 0.3 is 5.97 Å². The van der Waals surface area contributed by atoms with Gasteiger partial charge in [-0.15, -0.1) is 11.3 Å². The minimum atomic E-state index is -0.408. The number of carbonyl (C=O) groups excluding carboxylic acids is 1. The Labute approximate surface area is 178 Å². The van der Waals surface area contributed by atoms with Crippen LogP contribution in [0.3, 0.4) is 0 Å². The van der Waals surface area contributed by atoms with Gasteiger partial charge in [-0.05, 0) is 55.4 Å². The number of anilines is 2. The highest BCUT2D eigenvalue weighted by Gasteiger charge is 2.18. The molecule has 1 heterocycles. The van der Waals surface area contributed by atoms with Crippen molar-refractivity contribution in [2.75, 3.05) is 17.2 Å². The summed E-state index contributed by atoms with van der Waals surface area (Å²) in [6, 6.07) is 16.6. The second kappa shape index (κ2) is 9.62. The van der Waals surface area contributed by atoms with E-state index in [0.717, 1.165) is 10.4 Å². The predicted octanol–water partition coefficient (Wildman–Crippen LogP) is 5.77. The average Bonchev–Trinajstić information content (AvgIpc) is 3.08. The lowest BCUT2D eigenvalue weighted by Gasteiger charge is -2.11. The van der Waals surface area contributed by atoms with Crippen LogP contribution in [0.5, 0.6) is 0 Å². The quantitative estimate of drug-likeness (QED) is 0.385. The van der Waals surface area contributed by atoms with Crippen LogP contribution in [0.2, 0.25) is 0 Å². The molecule has 0 saturated carbocycles. The molecule has 0 atom stereocenters. The number of thiocarbonyl (C=S) groups is 1. The summed E-state index contributed by atoms with van der Waals surface area (Å²) in [5.74, 6) is -0.721. The van der Waals surface area contributed by atoms with Crippen molar-refractivity contribution in [3.05, 3.63) is 82.0 Å². The number of rotatable bonds is 6. The molecule has 0 amide bonds. The number of hydrogen-bond donors (Lipinski definition) is 2. The Morgan fingerprint density at radius 3 is 2.59 bits per heavy atom. The van der Waals surface area contributed by atoms with E-state index in [-0.39, 0.29) is 17.5 Å². The molecule has 0 aliphatic rings. The van der Waals surface area contributed by atoms with E-state index in [1.165, 1.54) is 17.4 Å². The van der Waals surface area contributed by atoms with Crippen molar-refractivity contribution in [2.45, 2.75) is 20.3 Å². The number of ether oxygens (including phenoxy) is 1. The number of halogens is 1. The third-order valence-corrected chi connectivity index (χ3v) is 5.41. The van der Waals surface area contributed by atoms with Crippen molar-refractivity contribution >= 4 is 45.3 Å². The third kappa shape index (κ3) is 5.62. The lowest BCUT2D eigenvalue weighted by molar-refractivity contribution is 0.0528. The summed E-state index contributed by atoms with van der Waals surface area (Å²) in [7, 11) is 0. The van der Waals surface area contributed by atoms with Crippen molar-refractivity contribution in [3.8, 4) is 0 Å². The highest BCUT2D eigenvalue weighted by molar-refractivity contribution is 7.80. The fraction of sp³-hybridized carbons (Fsp3) is 0.182. The van der Waals surface area contributed by atoms with Gasteiger partial charge in [0, 0.05) is 17.0 Å². The van der Waals surface area contributed by atoms with Crippen LogP contribution in [0.25, 0.3) is 0 Å². The first-order valence-electron chi connectivity index (χ1n) is 9.14. The van der Waals surface area contributed by atoms with Gasteiger partial charge in [-0.3, -0.25) is 0 Å². The van der Waals surface area contributed by atoms with E-state index in [1.807, 2.05) is 36.4 Å². The van der Waals surface area contributed by atoms with E-state index in [2.05, 4.69) is 10.6 Å². The Morgan fingerprint density at radius 1 is 1.14 bits per heavy atom. The van der Waals surface area contributed by atoms with Crippen molar-refractivity contribution in [1.82, 2.24) is 0 Å². The fourth-order valence-corrected chi connectivity index (χ4v) is 4.08. The summed E-state index contributed by atoms with van der Waals surface area (Å²) in [5.41, 5.74) is 2.67. The molecular formula is C22H21FN2O2S2. The van der Waals surface area contributed by atoms with Crippen LogP contribution in [-0.2, 0) is 11.2 Å². The molecule has 2 N–H and O–H groups in total. The van der Waals surface area contributed by atoms with Crippen molar-refractivity contribution in [3.63, 3.8) is 0 Å². The zero-order valence-electron chi connectivity index (χ0n) is 16.1. The van der Waals surface area contributed by atoms with E-state index in [0.29, 0.717) is 28.2 Å². The summed E-state index contributed by atoms with van der Waals surface area (Å²) >= 11 is 6.79. The van der Waals surface area contributed by atoms with Crippen molar-refractivity contribution in [1.29, 1.82) is 0 Å². The molecule has 29 heavy (non-hydrogen) atoms. The van der Waals surface area contributed by atoms with Crippen LogP contribution in [0.15, 0.2) is 54.6 Å². The molecule has 0 aliphatic heterocycles. The second-order valence-corrected chi connectivity index (χ2v) is 7.93. The number of benzene rings is 2. The number of esters is 1. The van der Waals surface area contributed by atoms with Gasteiger partial charge in [0.05, 0.1) is 12.2 Å². The van der Waals surface area contributed by atoms with Gasteiger partial charge in [-0.25, -0.2) is 9.18 Å². The largest absolute Gasteiger partial charge is 0.462 e. The number of hydrogen-bond acceptors (Lipinski definition) is 4. The number of carbonyl (C=O) groups is 1. The van der Waals surface area contributed by atoms with Gasteiger partial charge in [-0.1, -0.05) is 36.4 Å². The molecule has 150 valence electrons. The Hall–Kier alpha value is -2.77. The fourth-order valence-electron chi connectivity index (χ4n) is 2.72. The smallest absolute Gasteiger partial charge is 0.341 e. The van der Waals surface area contributed by atoms with Gasteiger partial charge in [0.25, 0.3) is 0 Å². The molecule has 1 aromatic heterocycles. The summed E-state index contributed by atoms with van der Waals surface area (Å²) in [5, 5.41) is 6.87. The molecule has 0 saturated heterocycles. The normalized spacial score (nSPS) is 10.4. The monoisotopic (exact) mass is 428 g/mol. The topological polar surface area (TPSA) is 50.4 Å². The first kappa shape index (κ1) is 21.0. The van der Waals surface area contributed by atoms with E-state index in [9.17, 15) is 9.18 Å². The standard InChI is InChI=1S/C22H21FN2O2S2/c1-3-27-21(26)18-13-17(11-15-7-5-4-6-8-15)29-20(18)25-22(28)24-16-10-9-14(2)19(23)12-16/h4-10,12-13H,3,11H2,1-2H3,(H2,24,25,28). The molecular weight excluding hydrogens is 407 g/mol. The lowest BCUT2D eigenvalue weighted by atomic mass is 10.1. The zero-order chi connectivity index (χ0) is 20.8. The molecule has 3 rings (SSSR count). The van der Waals surface area contributed by atoms with Crippen LogP contribution in [0.1, 0.15) is 33.3 Å². The van der Waals surface area contributed by atoms with Gasteiger partial charge in [0.1, 0.15) is 10.8 Å². The highest BCUT2D eigenvalue weighted by Crippen LogP contribution is 2.31. The SMILES string of the molecule is CCOC(=O)c1cc(Cc2ccccc2)sc1NC(=S)Nc1ccc(C)c(F)c1. The maximum absolute atomic E-state index is 13.8. The maximum Gasteiger partial charge on any atom is 0.341 e. The second-order valence-electron chi connectivity index (χ2n) is 6.38. The molecule has 0 unspecified atom stereocenters. The number of nitrogens with one attached hydrogen (secondary N) is 2. The molecule has 0 aliphatic carbocycles. The highest BCUT2D eigenvalue weighted by atomic mass is 32.1. The summed E-state index contributed by atoms with van der Waals surface area (Å²) in [6.45, 7) is 3.75. The molecule has 0 bridgehead atoms. The summed E-state index contributed by atoms with van der Waals surface area (Å²) in [4.78, 5) is 13.4. The summed E-state index contributed by atoms with van der Waals surface area (Å²) in [6.07, 6.45) is 0.697. The van der Waals surface area contributed by atoms with Crippen LogP contribution < -0.4 is 10.6 Å². The van der Waals surface area contributed by atoms with Gasteiger partial charge in [0.2, 0.25) is 0 Å². The Kier molecular flexibility index (Phi) is 6.95. The Morgan fingerprint density at radius 2 is 1.90 bits per heavy atom. The predicted molar refractivity (Wildman–Crippen MR) is 121 cm³/mol. The van der Waals surface area contributed by atoms with Crippen LogP contribution in [0, 0.1) is 12.7 Å². The van der Waals surface area contributed by atoms with Crippen molar-refractivity contribution in [2.24, 2.45) is 0 Å². The first-order valence-corrected chi connectivity index (χ1v) is 10.4. The van der Waals surface area contributed by atoms with Gasteiger partial charge in [0.15, 0.2) is 5.11 Å². The Bertz CT molecular complexity index is 1020. The van der Waals surface area contributed by atoms with Gasteiger partial charge < -0.3 is 15.4 Å². The molecule has 3 aromatic rings. The molecule has 0 radical (unpaired) electrons. The minimum Gasteiger partial charge on any atom is -0.462 e. The minimum absolute atomic E-state index is 0.270. The molecule has 0 spiro atoms. The van der Waals surface area contributed by atoms with E-state index in [1.54, 1.807) is 26.0 Å². The van der Waals surface area contributed by atoms with Crippen LogP contribution in [-0.4, -0.2) is 17.7 Å². The van der Waals surface area contributed by atoms with Crippen LogP contribution >= 0.6 is 23.6 Å². The molecule has 7 heteroatoms. The number of aryl methyl sites for hydroxylation is 1. The molecule has 2 aromatic carbocycles. The summed E-state index contributed by atoms with van der Waals surface area (Å²) < 4.78 is 18.9.